The third-order valence-corrected chi connectivity index (χ3v) is 7.85. The summed E-state index contributed by atoms with van der Waals surface area (Å²) in [4.78, 5) is 48.2. The van der Waals surface area contributed by atoms with Gasteiger partial charge in [-0.1, -0.05) is 53.0 Å². The van der Waals surface area contributed by atoms with E-state index in [1.54, 1.807) is 24.3 Å². The van der Waals surface area contributed by atoms with Crippen molar-refractivity contribution in [3.05, 3.63) is 96.1 Å². The number of anilines is 2. The van der Waals surface area contributed by atoms with Gasteiger partial charge in [-0.25, -0.2) is 17.8 Å². The van der Waals surface area contributed by atoms with E-state index >= 15 is 0 Å². The highest BCUT2D eigenvalue weighted by Crippen LogP contribution is 2.39. The first-order valence-corrected chi connectivity index (χ1v) is 18.2. The van der Waals surface area contributed by atoms with E-state index in [1.807, 2.05) is 6.07 Å². The number of benzene rings is 3. The highest BCUT2D eigenvalue weighted by atomic mass is 35.5. The molecule has 4 rings (SSSR count). The van der Waals surface area contributed by atoms with Crippen LogP contribution in [0.5, 0.6) is 11.5 Å². The van der Waals surface area contributed by atoms with E-state index < -0.39 is 53.6 Å². The molecule has 7 N–H and O–H groups in total. The Morgan fingerprint density at radius 3 is 2.24 bits per heavy atom. The van der Waals surface area contributed by atoms with E-state index in [0.717, 1.165) is 12.3 Å². The quantitative estimate of drug-likeness (QED) is 0.0512. The number of carboxylic acid groups (broad SMARTS) is 1. The normalized spacial score (nSPS) is 11.2. The fraction of sp³-hybridized carbons (Fsp3) is 0.192. The molecule has 1 heterocycles. The minimum absolute atomic E-state index is 0.0257. The number of nitro groups is 1. The van der Waals surface area contributed by atoms with Crippen molar-refractivity contribution in [3.63, 3.8) is 0 Å². The van der Waals surface area contributed by atoms with E-state index in [4.69, 9.17) is 60.2 Å². The second kappa shape index (κ2) is 18.2. The van der Waals surface area contributed by atoms with Gasteiger partial charge in [-0.2, -0.15) is 13.5 Å². The third-order valence-electron chi connectivity index (χ3n) is 5.62. The topological polar surface area (TPSA) is 271 Å². The highest BCUT2D eigenvalue weighted by Gasteiger charge is 2.21. The predicted octanol–water partition coefficient (Wildman–Crippen LogP) is 4.83. The number of hydrogen-bond donors (Lipinski definition) is 6. The molecule has 0 saturated carbocycles. The molecule has 4 aromatic rings. The Morgan fingerprint density at radius 1 is 1.14 bits per heavy atom. The van der Waals surface area contributed by atoms with E-state index in [9.17, 15) is 41.5 Å². The van der Waals surface area contributed by atoms with E-state index in [-0.39, 0.29) is 54.0 Å². The van der Waals surface area contributed by atoms with Crippen LogP contribution in [-0.4, -0.2) is 67.6 Å². The Balaban J connectivity index is 0.000000286. The molecular weight excluding hydrogens is 794 g/mol. The number of sulfonamides is 1. The molecule has 0 saturated heterocycles. The van der Waals surface area contributed by atoms with Crippen molar-refractivity contribution in [1.29, 1.82) is 0 Å². The summed E-state index contributed by atoms with van der Waals surface area (Å²) >= 11 is 17.8. The zero-order chi connectivity index (χ0) is 38.8. The number of carbonyl (C=O) groups is 1. The fourth-order valence-corrected chi connectivity index (χ4v) is 5.30. The lowest BCUT2D eigenvalue weighted by Gasteiger charge is -2.10. The number of nitrogens with two attached hydrogens (primary N) is 1. The number of ether oxygens (including phenoxy) is 1. The van der Waals surface area contributed by atoms with Crippen LogP contribution in [0.3, 0.4) is 0 Å². The van der Waals surface area contributed by atoms with Gasteiger partial charge in [0.15, 0.2) is 0 Å². The number of nitrogens with zero attached hydrogens (tertiary/aromatic N) is 4. The van der Waals surface area contributed by atoms with Crippen LogP contribution in [0, 0.1) is 17.0 Å². The Kier molecular flexibility index (Phi) is 15.3. The van der Waals surface area contributed by atoms with E-state index in [0.29, 0.717) is 10.4 Å². The monoisotopic (exact) mass is 819 g/mol. The highest BCUT2D eigenvalue weighted by molar-refractivity contribution is 7.92. The average molecular weight is 821 g/mol. The van der Waals surface area contributed by atoms with Crippen molar-refractivity contribution in [2.24, 2.45) is 0 Å². The van der Waals surface area contributed by atoms with Crippen molar-refractivity contribution in [1.82, 2.24) is 19.7 Å². The van der Waals surface area contributed by atoms with Gasteiger partial charge in [-0.05, 0) is 37.3 Å². The van der Waals surface area contributed by atoms with Gasteiger partial charge < -0.3 is 25.4 Å². The van der Waals surface area contributed by atoms with Crippen molar-refractivity contribution < 1.29 is 51.1 Å². The smallest absolute Gasteiger partial charge is 0.355 e. The summed E-state index contributed by atoms with van der Waals surface area (Å²) in [7, 11) is -7.74. The van der Waals surface area contributed by atoms with E-state index in [1.165, 1.54) is 25.1 Å². The molecule has 25 heteroatoms. The second-order valence-corrected chi connectivity index (χ2v) is 14.3. The first kappa shape index (κ1) is 42.8. The number of nitrogen functional groups attached to an aromatic ring is 1. The molecule has 0 aliphatic heterocycles. The zero-order valence-corrected chi connectivity index (χ0v) is 29.9. The summed E-state index contributed by atoms with van der Waals surface area (Å²) in [6.45, 7) is -2.29. The molecule has 18 nitrogen and oxygen atoms in total. The summed E-state index contributed by atoms with van der Waals surface area (Å²) in [5.41, 5.74) is 3.98. The first-order valence-electron chi connectivity index (χ1n) is 13.4. The van der Waals surface area contributed by atoms with Crippen LogP contribution in [-0.2, 0) is 19.4 Å². The maximum absolute atomic E-state index is 12.8. The third kappa shape index (κ3) is 13.4. The van der Waals surface area contributed by atoms with Gasteiger partial charge in [0, 0.05) is 6.07 Å². The molecule has 0 aliphatic carbocycles. The molecule has 3 aromatic carbocycles. The van der Waals surface area contributed by atoms with Crippen molar-refractivity contribution >= 4 is 75.5 Å². The summed E-state index contributed by atoms with van der Waals surface area (Å²) in [5.74, 6) is -0.513. The number of nitro benzene ring substituents is 1. The minimum atomic E-state index is -4.10. The molecule has 0 atom stereocenters. The maximum Gasteiger partial charge on any atom is 0.355 e. The van der Waals surface area contributed by atoms with Crippen LogP contribution in [0.25, 0.3) is 5.69 Å². The summed E-state index contributed by atoms with van der Waals surface area (Å²) in [5, 5.41) is 24.4. The maximum atomic E-state index is 12.8. The predicted molar refractivity (Wildman–Crippen MR) is 184 cm³/mol. The average Bonchev–Trinajstić information content (AvgIpc) is 3.29. The number of hydrogen-bond acceptors (Lipinski definition) is 11. The number of para-hydroxylation sites is 1. The number of carboxylic acids is 1. The lowest BCUT2D eigenvalue weighted by molar-refractivity contribution is -0.383. The zero-order valence-electron chi connectivity index (χ0n) is 25.9. The molecule has 0 fully saturated rings. The molecule has 278 valence electrons. The fourth-order valence-electron chi connectivity index (χ4n) is 3.56. The molecule has 0 bridgehead atoms. The minimum Gasteiger partial charge on any atom is -0.480 e. The first-order chi connectivity index (χ1) is 23.5. The number of rotatable bonds is 11. The van der Waals surface area contributed by atoms with Crippen molar-refractivity contribution in [3.8, 4) is 17.2 Å². The number of aryl methyl sites for hydroxylation is 1. The van der Waals surface area contributed by atoms with Crippen LogP contribution in [0.1, 0.15) is 12.4 Å². The van der Waals surface area contributed by atoms with Gasteiger partial charge in [0.25, 0.3) is 5.69 Å². The molecule has 0 spiro atoms. The van der Waals surface area contributed by atoms with Gasteiger partial charge in [-0.3, -0.25) is 29.5 Å². The molecule has 0 radical (unpaired) electrons. The molecule has 0 aliphatic rings. The van der Waals surface area contributed by atoms with Gasteiger partial charge >= 0.3 is 25.8 Å². The molecule has 0 unspecified atom stereocenters. The standard InChI is InChI=1S/C12H9ClN2O3.C11H10Cl2F2N4O3S.C3H8NO5P/c13-11-10(18-8-4-2-1-3-5-8)7-6-9(12(11)14)15(16)17;1-5-16-19(11(20)18(5)10(14)15)9-4-8(17-23(2,21)22)6(12)3-7(9)13;5-3(6)1-4-2-10(7,8)9/h1-7H,14H2;3-4,10,17H,1-2H3;4H,1-2H2,(H,5,6)(H2,7,8,9). The number of aromatic nitrogens is 3. The van der Waals surface area contributed by atoms with Crippen LogP contribution >= 0.6 is 42.4 Å². The lowest BCUT2D eigenvalue weighted by Crippen LogP contribution is -2.25. The van der Waals surface area contributed by atoms with Crippen LogP contribution in [0.15, 0.2) is 59.4 Å². The van der Waals surface area contributed by atoms with Crippen LogP contribution in [0.4, 0.5) is 25.8 Å². The number of aliphatic carboxylic acids is 1. The SMILES string of the molecule is Cc1nn(-c2cc(NS(C)(=O)=O)c(Cl)cc2Cl)c(=O)n1C(F)F.Nc1c([N+](=O)[O-])ccc(Oc2ccccc2)c1Cl.O=C(O)CNCP(=O)(O)O. The lowest BCUT2D eigenvalue weighted by atomic mass is 10.2. The molecular formula is C26H27Cl3F2N7O11PS. The van der Waals surface area contributed by atoms with Gasteiger partial charge in [-0.15, -0.1) is 5.10 Å². The molecule has 0 amide bonds. The van der Waals surface area contributed by atoms with E-state index in [2.05, 4.69) is 15.1 Å². The van der Waals surface area contributed by atoms with Gasteiger partial charge in [0.1, 0.15) is 28.0 Å². The van der Waals surface area contributed by atoms with Gasteiger partial charge in [0.05, 0.1) is 45.4 Å². The van der Waals surface area contributed by atoms with Gasteiger partial charge in [0.2, 0.25) is 10.0 Å². The Bertz CT molecular complexity index is 2100. The summed E-state index contributed by atoms with van der Waals surface area (Å²) < 4.78 is 66.8. The molecule has 1 aromatic heterocycles. The molecule has 51 heavy (non-hydrogen) atoms. The Hall–Kier alpha value is -4.34. The largest absolute Gasteiger partial charge is 0.480 e. The number of halogens is 5. The Labute approximate surface area is 301 Å². The number of alkyl halides is 2. The second-order valence-electron chi connectivity index (χ2n) is 9.67. The van der Waals surface area contributed by atoms with Crippen LogP contribution < -0.4 is 26.2 Å². The summed E-state index contributed by atoms with van der Waals surface area (Å²) in [6.07, 6.45) is 0.304. The summed E-state index contributed by atoms with van der Waals surface area (Å²) in [6, 6.07) is 13.9. The van der Waals surface area contributed by atoms with Crippen LogP contribution in [0.2, 0.25) is 15.1 Å². The van der Waals surface area contributed by atoms with Crippen molar-refractivity contribution in [2.45, 2.75) is 13.5 Å². The number of nitrogens with one attached hydrogen (secondary N) is 2. The Morgan fingerprint density at radius 2 is 1.75 bits per heavy atom. The van der Waals surface area contributed by atoms with Crippen molar-refractivity contribution in [2.75, 3.05) is 29.5 Å².